The summed E-state index contributed by atoms with van der Waals surface area (Å²) in [5.74, 6) is 9.59. The molecule has 4 rings (SSSR count). The molecule has 1 saturated carbocycles. The molecule has 2 fully saturated rings. The topological polar surface area (TPSA) is 35.5 Å². The van der Waals surface area contributed by atoms with Gasteiger partial charge in [0.2, 0.25) is 0 Å². The number of ether oxygens (including phenoxy) is 2. The average Bonchev–Trinajstić information content (AvgIpc) is 3.34. The first kappa shape index (κ1) is 22.8. The van der Waals surface area contributed by atoms with E-state index in [9.17, 15) is 4.79 Å². The van der Waals surface area contributed by atoms with Gasteiger partial charge in [-0.15, -0.1) is 0 Å². The monoisotopic (exact) mass is 449 g/mol. The first-order chi connectivity index (χ1) is 15.5. The van der Waals surface area contributed by atoms with Crippen molar-refractivity contribution in [2.75, 3.05) is 18.1 Å². The van der Waals surface area contributed by atoms with Crippen LogP contribution in [0.1, 0.15) is 61.6 Å². The van der Waals surface area contributed by atoms with Gasteiger partial charge in [0.15, 0.2) is 17.1 Å². The van der Waals surface area contributed by atoms with Crippen molar-refractivity contribution in [3.05, 3.63) is 59.2 Å². The molecule has 3 nitrogen and oxygen atoms in total. The van der Waals surface area contributed by atoms with Gasteiger partial charge in [-0.05, 0) is 93.7 Å². The summed E-state index contributed by atoms with van der Waals surface area (Å²) in [7, 11) is 0.376. The van der Waals surface area contributed by atoms with Crippen molar-refractivity contribution >= 4 is 16.9 Å². The zero-order valence-corrected chi connectivity index (χ0v) is 20.1. The predicted octanol–water partition coefficient (Wildman–Crippen LogP) is 5.75. The minimum Gasteiger partial charge on any atom is -0.481 e. The van der Waals surface area contributed by atoms with E-state index >= 15 is 0 Å². The maximum atomic E-state index is 12.8. The smallest absolute Gasteiger partial charge is 0.345 e. The van der Waals surface area contributed by atoms with Crippen LogP contribution in [0.5, 0.6) is 5.75 Å². The summed E-state index contributed by atoms with van der Waals surface area (Å²) < 4.78 is 11.9. The molecule has 0 amide bonds. The van der Waals surface area contributed by atoms with Crippen LogP contribution >= 0.6 is 0 Å². The molecule has 0 spiro atoms. The standard InChI is InChI=1S/C28H33O3S/c1-22-19-25(32-17-9-10-18-32)20-23(2)27(22)30-21-26(29)31-28(14-7-4-8-15-28)16-13-24-11-5-3-6-12-24/h3,5-6,11-12,19-20H,4,7-10,14-15,17-18,21H2,1-2H3/q+1. The molecule has 0 radical (unpaired) electrons. The second-order valence-electron chi connectivity index (χ2n) is 8.93. The summed E-state index contributed by atoms with van der Waals surface area (Å²) in [6, 6.07) is 14.4. The first-order valence-corrected chi connectivity index (χ1v) is 13.3. The van der Waals surface area contributed by atoms with Crippen LogP contribution in [0.2, 0.25) is 0 Å². The number of hydrogen-bond acceptors (Lipinski definition) is 3. The predicted molar refractivity (Wildman–Crippen MR) is 131 cm³/mol. The van der Waals surface area contributed by atoms with Crippen LogP contribution in [0.25, 0.3) is 0 Å². The number of rotatable bonds is 5. The third-order valence-corrected chi connectivity index (χ3v) is 8.78. The molecule has 1 aliphatic carbocycles. The summed E-state index contributed by atoms with van der Waals surface area (Å²) in [6.45, 7) is 4.07. The number of hydrogen-bond donors (Lipinski definition) is 0. The number of benzene rings is 2. The first-order valence-electron chi connectivity index (χ1n) is 11.8. The van der Waals surface area contributed by atoms with Gasteiger partial charge in [0.05, 0.1) is 0 Å². The molecule has 1 saturated heterocycles. The molecule has 2 aromatic rings. The summed E-state index contributed by atoms with van der Waals surface area (Å²) in [4.78, 5) is 14.2. The molecular formula is C28H33O3S+. The fraction of sp³-hybridized carbons (Fsp3) is 0.464. The highest BCUT2D eigenvalue weighted by molar-refractivity contribution is 7.97. The van der Waals surface area contributed by atoms with Crippen LogP contribution in [0.15, 0.2) is 47.4 Å². The normalized spacial score (nSPS) is 17.9. The molecule has 0 aromatic heterocycles. The maximum absolute atomic E-state index is 12.8. The van der Waals surface area contributed by atoms with Crippen LogP contribution in [0.4, 0.5) is 0 Å². The lowest BCUT2D eigenvalue weighted by Crippen LogP contribution is -2.37. The Morgan fingerprint density at radius 3 is 2.28 bits per heavy atom. The second kappa shape index (κ2) is 10.5. The van der Waals surface area contributed by atoms with E-state index < -0.39 is 5.60 Å². The van der Waals surface area contributed by atoms with E-state index in [2.05, 4.69) is 37.8 Å². The molecule has 168 valence electrons. The van der Waals surface area contributed by atoms with Crippen molar-refractivity contribution in [1.29, 1.82) is 0 Å². The Morgan fingerprint density at radius 2 is 1.62 bits per heavy atom. The molecule has 0 N–H and O–H groups in total. The minimum absolute atomic E-state index is 0.0818. The molecule has 0 bridgehead atoms. The fourth-order valence-electron chi connectivity index (χ4n) is 4.66. The summed E-state index contributed by atoms with van der Waals surface area (Å²) in [6.07, 6.45) is 7.45. The van der Waals surface area contributed by atoms with Gasteiger partial charge in [0.25, 0.3) is 0 Å². The summed E-state index contributed by atoms with van der Waals surface area (Å²) in [5.41, 5.74) is 2.44. The molecule has 4 heteroatoms. The van der Waals surface area contributed by atoms with Crippen molar-refractivity contribution in [3.8, 4) is 17.6 Å². The van der Waals surface area contributed by atoms with E-state index in [1.54, 1.807) is 0 Å². The SMILES string of the molecule is Cc1cc([S+]2CCCC2)cc(C)c1OCC(=O)OC1(C#Cc2ccccc2)CCCCC1. The Bertz CT molecular complexity index is 967. The zero-order valence-electron chi connectivity index (χ0n) is 19.2. The molecule has 1 aliphatic heterocycles. The highest BCUT2D eigenvalue weighted by atomic mass is 32.2. The van der Waals surface area contributed by atoms with Gasteiger partial charge in [0, 0.05) is 16.5 Å². The molecule has 2 aromatic carbocycles. The lowest BCUT2D eigenvalue weighted by Gasteiger charge is -2.32. The van der Waals surface area contributed by atoms with E-state index in [-0.39, 0.29) is 12.6 Å². The van der Waals surface area contributed by atoms with Crippen LogP contribution in [0.3, 0.4) is 0 Å². The van der Waals surface area contributed by atoms with Crippen LogP contribution in [-0.2, 0) is 20.4 Å². The van der Waals surface area contributed by atoms with E-state index in [0.717, 1.165) is 54.5 Å². The summed E-state index contributed by atoms with van der Waals surface area (Å²) >= 11 is 0. The van der Waals surface area contributed by atoms with E-state index in [1.807, 2.05) is 30.3 Å². The van der Waals surface area contributed by atoms with Crippen molar-refractivity contribution in [2.45, 2.75) is 69.3 Å². The van der Waals surface area contributed by atoms with Gasteiger partial charge in [-0.3, -0.25) is 0 Å². The van der Waals surface area contributed by atoms with Gasteiger partial charge >= 0.3 is 5.97 Å². The molecule has 2 aliphatic rings. The third-order valence-electron chi connectivity index (χ3n) is 6.31. The van der Waals surface area contributed by atoms with Gasteiger partial charge in [-0.25, -0.2) is 4.79 Å². The highest BCUT2D eigenvalue weighted by Gasteiger charge is 2.34. The van der Waals surface area contributed by atoms with Gasteiger partial charge < -0.3 is 9.47 Å². The van der Waals surface area contributed by atoms with Crippen molar-refractivity contribution in [1.82, 2.24) is 0 Å². The van der Waals surface area contributed by atoms with Crippen LogP contribution < -0.4 is 4.74 Å². The fourth-order valence-corrected chi connectivity index (χ4v) is 7.12. The summed E-state index contributed by atoms with van der Waals surface area (Å²) in [5, 5.41) is 0. The molecule has 0 atom stereocenters. The Hall–Kier alpha value is -2.38. The Morgan fingerprint density at radius 1 is 0.969 bits per heavy atom. The van der Waals surface area contributed by atoms with E-state index in [1.165, 1.54) is 29.2 Å². The minimum atomic E-state index is -0.702. The second-order valence-corrected chi connectivity index (χ2v) is 11.2. The van der Waals surface area contributed by atoms with Gasteiger partial charge in [-0.2, -0.15) is 0 Å². The van der Waals surface area contributed by atoms with Crippen molar-refractivity contribution < 1.29 is 14.3 Å². The molecule has 0 unspecified atom stereocenters. The lowest BCUT2D eigenvalue weighted by atomic mass is 9.85. The van der Waals surface area contributed by atoms with Crippen molar-refractivity contribution in [3.63, 3.8) is 0 Å². The quantitative estimate of drug-likeness (QED) is 0.331. The number of carbonyl (C=O) groups excluding carboxylic acids is 1. The Kier molecular flexibility index (Phi) is 7.48. The van der Waals surface area contributed by atoms with Crippen LogP contribution in [0, 0.1) is 25.7 Å². The number of esters is 1. The number of carbonyl (C=O) groups is 1. The maximum Gasteiger partial charge on any atom is 0.345 e. The highest BCUT2D eigenvalue weighted by Crippen LogP contribution is 2.33. The molecular weight excluding hydrogens is 416 g/mol. The van der Waals surface area contributed by atoms with Gasteiger partial charge in [0.1, 0.15) is 17.3 Å². The average molecular weight is 450 g/mol. The lowest BCUT2D eigenvalue weighted by molar-refractivity contribution is -0.159. The Labute approximate surface area is 195 Å². The van der Waals surface area contributed by atoms with Crippen molar-refractivity contribution in [2.24, 2.45) is 0 Å². The number of aryl methyl sites for hydroxylation is 2. The molecule has 1 heterocycles. The zero-order chi connectivity index (χ0) is 22.4. The van der Waals surface area contributed by atoms with E-state index in [0.29, 0.717) is 10.9 Å². The Balaban J connectivity index is 1.42. The van der Waals surface area contributed by atoms with Crippen LogP contribution in [-0.4, -0.2) is 29.7 Å². The van der Waals surface area contributed by atoms with E-state index in [4.69, 9.17) is 9.47 Å². The third kappa shape index (κ3) is 5.70. The molecule has 32 heavy (non-hydrogen) atoms. The largest absolute Gasteiger partial charge is 0.481 e. The van der Waals surface area contributed by atoms with Gasteiger partial charge in [-0.1, -0.05) is 30.5 Å².